The molecular formula is C18H25N3O2. The molecule has 124 valence electrons. The van der Waals surface area contributed by atoms with E-state index in [9.17, 15) is 4.79 Å². The lowest BCUT2D eigenvalue weighted by molar-refractivity contribution is 0.0785. The first-order valence-corrected chi connectivity index (χ1v) is 8.77. The smallest absolute Gasteiger partial charge is 0.408 e. The van der Waals surface area contributed by atoms with Crippen molar-refractivity contribution in [2.24, 2.45) is 0 Å². The van der Waals surface area contributed by atoms with Crippen LogP contribution in [0.3, 0.4) is 0 Å². The van der Waals surface area contributed by atoms with Crippen LogP contribution in [-0.2, 0) is 6.67 Å². The number of hydrogen-bond donors (Lipinski definition) is 0. The van der Waals surface area contributed by atoms with Crippen LogP contribution < -0.4 is 5.76 Å². The quantitative estimate of drug-likeness (QED) is 0.872. The molecule has 0 N–H and O–H groups in total. The lowest BCUT2D eigenvalue weighted by Gasteiger charge is -2.37. The molecule has 5 nitrogen and oxygen atoms in total. The molecule has 2 aromatic rings. The number of piperazine rings is 1. The Bertz CT molecular complexity index is 734. The molecule has 23 heavy (non-hydrogen) atoms. The molecule has 0 atom stereocenters. The highest BCUT2D eigenvalue weighted by atomic mass is 16.4. The topological polar surface area (TPSA) is 41.6 Å². The monoisotopic (exact) mass is 315 g/mol. The molecule has 1 saturated carbocycles. The van der Waals surface area contributed by atoms with Gasteiger partial charge in [0.05, 0.1) is 12.2 Å². The second-order valence-corrected chi connectivity index (χ2v) is 7.00. The van der Waals surface area contributed by atoms with Crippen molar-refractivity contribution in [3.63, 3.8) is 0 Å². The van der Waals surface area contributed by atoms with Crippen molar-refractivity contribution in [1.29, 1.82) is 0 Å². The Balaban J connectivity index is 1.46. The number of fused-ring (bicyclic) bond motifs is 1. The van der Waals surface area contributed by atoms with E-state index in [0.717, 1.165) is 43.3 Å². The lowest BCUT2D eigenvalue weighted by atomic mass is 10.2. The summed E-state index contributed by atoms with van der Waals surface area (Å²) >= 11 is 0. The molecule has 2 heterocycles. The van der Waals surface area contributed by atoms with E-state index in [4.69, 9.17) is 4.42 Å². The number of rotatable bonds is 3. The summed E-state index contributed by atoms with van der Waals surface area (Å²) in [6.07, 6.45) is 5.51. The van der Waals surface area contributed by atoms with Gasteiger partial charge in [0.1, 0.15) is 0 Å². The van der Waals surface area contributed by atoms with Crippen LogP contribution in [0.2, 0.25) is 0 Å². The van der Waals surface area contributed by atoms with Gasteiger partial charge in [-0.25, -0.2) is 4.79 Å². The van der Waals surface area contributed by atoms with Crippen molar-refractivity contribution in [2.75, 3.05) is 26.2 Å². The third-order valence-electron chi connectivity index (χ3n) is 5.41. The highest BCUT2D eigenvalue weighted by molar-refractivity contribution is 5.73. The Labute approximate surface area is 136 Å². The normalized spacial score (nSPS) is 21.4. The summed E-state index contributed by atoms with van der Waals surface area (Å²) in [4.78, 5) is 17.2. The molecule has 1 aromatic heterocycles. The number of nitrogens with zero attached hydrogens (tertiary/aromatic N) is 3. The number of aromatic nitrogens is 1. The minimum atomic E-state index is -0.246. The summed E-state index contributed by atoms with van der Waals surface area (Å²) in [5.74, 6) is -0.246. The maximum Gasteiger partial charge on any atom is 0.421 e. The molecule has 1 aliphatic carbocycles. The Morgan fingerprint density at radius 3 is 2.61 bits per heavy atom. The van der Waals surface area contributed by atoms with Crippen molar-refractivity contribution < 1.29 is 4.42 Å². The molecule has 0 bridgehead atoms. The van der Waals surface area contributed by atoms with Crippen LogP contribution in [0.5, 0.6) is 0 Å². The van der Waals surface area contributed by atoms with E-state index in [1.165, 1.54) is 25.7 Å². The third kappa shape index (κ3) is 2.95. The number of aryl methyl sites for hydroxylation is 1. The fourth-order valence-corrected chi connectivity index (χ4v) is 4.05. The highest BCUT2D eigenvalue weighted by Crippen LogP contribution is 2.24. The van der Waals surface area contributed by atoms with Crippen molar-refractivity contribution in [3.05, 3.63) is 34.3 Å². The molecule has 0 radical (unpaired) electrons. The minimum Gasteiger partial charge on any atom is -0.408 e. The lowest BCUT2D eigenvalue weighted by Crippen LogP contribution is -2.50. The second kappa shape index (κ2) is 6.13. The fourth-order valence-electron chi connectivity index (χ4n) is 4.05. The summed E-state index contributed by atoms with van der Waals surface area (Å²) in [6, 6.07) is 6.71. The van der Waals surface area contributed by atoms with Gasteiger partial charge in [0.2, 0.25) is 0 Å². The Morgan fingerprint density at radius 1 is 1.13 bits per heavy atom. The van der Waals surface area contributed by atoms with Gasteiger partial charge >= 0.3 is 5.76 Å². The van der Waals surface area contributed by atoms with E-state index in [1.807, 2.05) is 25.1 Å². The largest absolute Gasteiger partial charge is 0.421 e. The first-order chi connectivity index (χ1) is 11.2. The summed E-state index contributed by atoms with van der Waals surface area (Å²) in [5.41, 5.74) is 2.75. The van der Waals surface area contributed by atoms with Gasteiger partial charge in [-0.15, -0.1) is 0 Å². The number of oxazole rings is 1. The average Bonchev–Trinajstić information content (AvgIpc) is 3.18. The van der Waals surface area contributed by atoms with Gasteiger partial charge in [0.25, 0.3) is 0 Å². The van der Waals surface area contributed by atoms with Crippen LogP contribution in [0.15, 0.2) is 27.4 Å². The summed E-state index contributed by atoms with van der Waals surface area (Å²) in [7, 11) is 0. The van der Waals surface area contributed by atoms with E-state index in [1.54, 1.807) is 4.57 Å². The van der Waals surface area contributed by atoms with Gasteiger partial charge in [-0.05, 0) is 37.5 Å². The van der Waals surface area contributed by atoms with E-state index < -0.39 is 0 Å². The van der Waals surface area contributed by atoms with Crippen molar-refractivity contribution >= 4 is 11.1 Å². The maximum absolute atomic E-state index is 12.2. The summed E-state index contributed by atoms with van der Waals surface area (Å²) < 4.78 is 7.14. The zero-order chi connectivity index (χ0) is 15.8. The van der Waals surface area contributed by atoms with Crippen LogP contribution in [-0.4, -0.2) is 46.6 Å². The molecule has 4 rings (SSSR count). The molecule has 1 aromatic carbocycles. The van der Waals surface area contributed by atoms with Gasteiger partial charge in [-0.3, -0.25) is 14.4 Å². The molecular weight excluding hydrogens is 290 g/mol. The summed E-state index contributed by atoms with van der Waals surface area (Å²) in [6.45, 7) is 6.97. The molecule has 1 saturated heterocycles. The van der Waals surface area contributed by atoms with E-state index in [2.05, 4.69) is 9.80 Å². The molecule has 2 aliphatic rings. The molecule has 5 heteroatoms. The van der Waals surface area contributed by atoms with Gasteiger partial charge in [0.15, 0.2) is 5.58 Å². The van der Waals surface area contributed by atoms with Crippen LogP contribution in [0, 0.1) is 6.92 Å². The Kier molecular flexibility index (Phi) is 3.99. The minimum absolute atomic E-state index is 0.246. The molecule has 0 spiro atoms. The zero-order valence-corrected chi connectivity index (χ0v) is 13.8. The van der Waals surface area contributed by atoms with Crippen LogP contribution in [0.1, 0.15) is 31.2 Å². The molecule has 0 unspecified atom stereocenters. The molecule has 0 amide bonds. The SMILES string of the molecule is Cc1ccc2oc(=O)n(CN3CCN(C4CCCC4)CC3)c2c1. The predicted octanol–water partition coefficient (Wildman–Crippen LogP) is 2.42. The highest BCUT2D eigenvalue weighted by Gasteiger charge is 2.26. The van der Waals surface area contributed by atoms with Crippen molar-refractivity contribution in [2.45, 2.75) is 45.3 Å². The van der Waals surface area contributed by atoms with Gasteiger partial charge < -0.3 is 4.42 Å². The van der Waals surface area contributed by atoms with Gasteiger partial charge in [0, 0.05) is 32.2 Å². The van der Waals surface area contributed by atoms with Crippen LogP contribution in [0.25, 0.3) is 11.1 Å². The molecule has 1 aliphatic heterocycles. The van der Waals surface area contributed by atoms with E-state index in [0.29, 0.717) is 12.3 Å². The van der Waals surface area contributed by atoms with E-state index in [-0.39, 0.29) is 5.76 Å². The number of hydrogen-bond acceptors (Lipinski definition) is 4. The van der Waals surface area contributed by atoms with Crippen molar-refractivity contribution in [3.8, 4) is 0 Å². The van der Waals surface area contributed by atoms with Crippen molar-refractivity contribution in [1.82, 2.24) is 14.4 Å². The first kappa shape index (κ1) is 15.0. The van der Waals surface area contributed by atoms with Crippen LogP contribution in [0.4, 0.5) is 0 Å². The first-order valence-electron chi connectivity index (χ1n) is 8.77. The Hall–Kier alpha value is -1.59. The Morgan fingerprint density at radius 2 is 1.87 bits per heavy atom. The van der Waals surface area contributed by atoms with E-state index >= 15 is 0 Å². The standard InChI is InChI=1S/C18H25N3O2/c1-14-6-7-17-16(12-14)21(18(22)23-17)13-19-8-10-20(11-9-19)15-4-2-3-5-15/h6-7,12,15H,2-5,8-11,13H2,1H3. The molecule has 2 fully saturated rings. The average molecular weight is 315 g/mol. The van der Waals surface area contributed by atoms with Crippen LogP contribution >= 0.6 is 0 Å². The van der Waals surface area contributed by atoms with Gasteiger partial charge in [-0.1, -0.05) is 18.9 Å². The zero-order valence-electron chi connectivity index (χ0n) is 13.8. The predicted molar refractivity (Wildman–Crippen MR) is 90.6 cm³/mol. The summed E-state index contributed by atoms with van der Waals surface area (Å²) in [5, 5.41) is 0. The third-order valence-corrected chi connectivity index (χ3v) is 5.41. The second-order valence-electron chi connectivity index (χ2n) is 7.00. The maximum atomic E-state index is 12.2. The fraction of sp³-hybridized carbons (Fsp3) is 0.611. The van der Waals surface area contributed by atoms with Gasteiger partial charge in [-0.2, -0.15) is 0 Å². The number of benzene rings is 1.